The third-order valence-electron chi connectivity index (χ3n) is 2.67. The van der Waals surface area contributed by atoms with Crippen molar-refractivity contribution in [3.63, 3.8) is 0 Å². The summed E-state index contributed by atoms with van der Waals surface area (Å²) in [5.74, 6) is 6.19. The number of anilines is 1. The summed E-state index contributed by atoms with van der Waals surface area (Å²) in [6.45, 7) is 0. The second kappa shape index (κ2) is 5.45. The van der Waals surface area contributed by atoms with E-state index in [4.69, 9.17) is 10.6 Å². The zero-order valence-electron chi connectivity index (χ0n) is 8.95. The van der Waals surface area contributed by atoms with Gasteiger partial charge < -0.3 is 4.74 Å². The molecule has 1 aromatic rings. The molecule has 0 atom stereocenters. The molecule has 1 aromatic heterocycles. The van der Waals surface area contributed by atoms with Crippen molar-refractivity contribution in [3.05, 3.63) is 10.7 Å². The highest BCUT2D eigenvalue weighted by molar-refractivity contribution is 9.10. The van der Waals surface area contributed by atoms with Crippen molar-refractivity contribution in [1.29, 1.82) is 0 Å². The smallest absolute Gasteiger partial charge is 0.240 e. The fourth-order valence-corrected chi connectivity index (χ4v) is 2.13. The van der Waals surface area contributed by atoms with Crippen LogP contribution in [-0.2, 0) is 0 Å². The zero-order valence-corrected chi connectivity index (χ0v) is 10.5. The number of hydrogen-bond donors (Lipinski definition) is 2. The van der Waals surface area contributed by atoms with Gasteiger partial charge in [-0.1, -0.05) is 6.42 Å². The van der Waals surface area contributed by atoms with Gasteiger partial charge in [0.25, 0.3) is 0 Å². The summed E-state index contributed by atoms with van der Waals surface area (Å²) >= 11 is 3.37. The lowest BCUT2D eigenvalue weighted by atomic mass is 9.98. The Hall–Kier alpha value is -0.880. The van der Waals surface area contributed by atoms with Gasteiger partial charge in [0.15, 0.2) is 0 Å². The van der Waals surface area contributed by atoms with E-state index >= 15 is 0 Å². The van der Waals surface area contributed by atoms with Crippen LogP contribution in [0.25, 0.3) is 0 Å². The minimum absolute atomic E-state index is 0.269. The van der Waals surface area contributed by atoms with Gasteiger partial charge in [-0.05, 0) is 41.6 Å². The minimum atomic E-state index is 0.269. The molecule has 0 bridgehead atoms. The Morgan fingerprint density at radius 2 is 2.12 bits per heavy atom. The zero-order chi connectivity index (χ0) is 11.4. The molecule has 0 radical (unpaired) electrons. The van der Waals surface area contributed by atoms with E-state index in [1.165, 1.54) is 19.3 Å². The lowest BCUT2D eigenvalue weighted by Gasteiger charge is -2.22. The highest BCUT2D eigenvalue weighted by Crippen LogP contribution is 2.27. The number of nitrogen functional groups attached to an aromatic ring is 1. The minimum Gasteiger partial charge on any atom is -0.473 e. The first kappa shape index (κ1) is 11.6. The number of halogens is 1. The number of nitrogens with zero attached hydrogens (tertiary/aromatic N) is 2. The summed E-state index contributed by atoms with van der Waals surface area (Å²) in [4.78, 5) is 8.14. The van der Waals surface area contributed by atoms with Gasteiger partial charge in [0, 0.05) is 0 Å². The van der Waals surface area contributed by atoms with Gasteiger partial charge in [-0.3, -0.25) is 5.43 Å². The first-order valence-corrected chi connectivity index (χ1v) is 6.24. The molecule has 0 unspecified atom stereocenters. The summed E-state index contributed by atoms with van der Waals surface area (Å²) < 4.78 is 6.60. The molecule has 0 saturated heterocycles. The summed E-state index contributed by atoms with van der Waals surface area (Å²) in [5, 5.41) is 0. The number of hydrazine groups is 1. The Morgan fingerprint density at radius 3 is 2.81 bits per heavy atom. The van der Waals surface area contributed by atoms with Crippen molar-refractivity contribution in [2.75, 3.05) is 5.43 Å². The molecule has 88 valence electrons. The molecule has 1 saturated carbocycles. The summed E-state index contributed by atoms with van der Waals surface area (Å²) in [6.07, 6.45) is 7.88. The van der Waals surface area contributed by atoms with Gasteiger partial charge in [0.05, 0.1) is 10.7 Å². The van der Waals surface area contributed by atoms with Crippen LogP contribution < -0.4 is 16.0 Å². The lowest BCUT2D eigenvalue weighted by molar-refractivity contribution is 0.147. The molecule has 1 fully saturated rings. The van der Waals surface area contributed by atoms with Crippen LogP contribution in [0.4, 0.5) is 5.95 Å². The van der Waals surface area contributed by atoms with Crippen molar-refractivity contribution >= 4 is 21.9 Å². The topological polar surface area (TPSA) is 73.1 Å². The summed E-state index contributed by atoms with van der Waals surface area (Å²) in [6, 6.07) is 0. The van der Waals surface area contributed by atoms with Gasteiger partial charge in [0.1, 0.15) is 6.10 Å². The number of hydrogen-bond acceptors (Lipinski definition) is 5. The molecule has 2 rings (SSSR count). The van der Waals surface area contributed by atoms with Gasteiger partial charge >= 0.3 is 0 Å². The fraction of sp³-hybridized carbons (Fsp3) is 0.600. The molecule has 0 aliphatic heterocycles. The predicted molar refractivity (Wildman–Crippen MR) is 65.0 cm³/mol. The summed E-state index contributed by atoms with van der Waals surface area (Å²) in [7, 11) is 0. The quantitative estimate of drug-likeness (QED) is 0.659. The highest BCUT2D eigenvalue weighted by atomic mass is 79.9. The van der Waals surface area contributed by atoms with Gasteiger partial charge in [-0.25, -0.2) is 10.8 Å². The van der Waals surface area contributed by atoms with Gasteiger partial charge in [-0.15, -0.1) is 0 Å². The SMILES string of the molecule is NNc1ncc(Br)c(OC2CCCCC2)n1. The van der Waals surface area contributed by atoms with Crippen molar-refractivity contribution < 1.29 is 4.74 Å². The highest BCUT2D eigenvalue weighted by Gasteiger charge is 2.17. The largest absolute Gasteiger partial charge is 0.473 e. The van der Waals surface area contributed by atoms with Gasteiger partial charge in [-0.2, -0.15) is 4.98 Å². The molecule has 16 heavy (non-hydrogen) atoms. The van der Waals surface area contributed by atoms with Crippen LogP contribution >= 0.6 is 15.9 Å². The standard InChI is InChI=1S/C10H15BrN4O/c11-8-6-13-10(15-12)14-9(8)16-7-4-2-1-3-5-7/h6-7H,1-5,12H2,(H,13,14,15). The van der Waals surface area contributed by atoms with Crippen molar-refractivity contribution in [2.45, 2.75) is 38.2 Å². The first-order valence-electron chi connectivity index (χ1n) is 5.45. The molecule has 3 N–H and O–H groups in total. The Bertz CT molecular complexity index is 355. The lowest BCUT2D eigenvalue weighted by Crippen LogP contribution is -2.21. The third-order valence-corrected chi connectivity index (χ3v) is 3.22. The first-order chi connectivity index (χ1) is 7.79. The van der Waals surface area contributed by atoms with E-state index in [0.717, 1.165) is 17.3 Å². The molecule has 0 amide bonds. The second-order valence-corrected chi connectivity index (χ2v) is 4.72. The maximum absolute atomic E-state index is 5.84. The number of rotatable bonds is 3. The third kappa shape index (κ3) is 2.82. The van der Waals surface area contributed by atoms with Crippen molar-refractivity contribution in [3.8, 4) is 5.88 Å². The van der Waals surface area contributed by atoms with E-state index in [9.17, 15) is 0 Å². The van der Waals surface area contributed by atoms with Crippen LogP contribution in [0.5, 0.6) is 5.88 Å². The molecule has 5 nitrogen and oxygen atoms in total. The van der Waals surface area contributed by atoms with Crippen LogP contribution in [0.3, 0.4) is 0 Å². The van der Waals surface area contributed by atoms with Crippen LogP contribution in [0.15, 0.2) is 10.7 Å². The predicted octanol–water partition coefficient (Wildman–Crippen LogP) is 2.24. The number of nitrogens with two attached hydrogens (primary N) is 1. The van der Waals surface area contributed by atoms with Crippen LogP contribution in [0.1, 0.15) is 32.1 Å². The fourth-order valence-electron chi connectivity index (χ4n) is 1.84. The van der Waals surface area contributed by atoms with E-state index in [1.54, 1.807) is 6.20 Å². The average molecular weight is 287 g/mol. The number of nitrogens with one attached hydrogen (secondary N) is 1. The Labute approximate surface area is 103 Å². The molecular weight excluding hydrogens is 272 g/mol. The molecule has 1 aliphatic rings. The molecule has 6 heteroatoms. The monoisotopic (exact) mass is 286 g/mol. The van der Waals surface area contributed by atoms with Crippen LogP contribution in [-0.4, -0.2) is 16.1 Å². The maximum Gasteiger partial charge on any atom is 0.240 e. The summed E-state index contributed by atoms with van der Waals surface area (Å²) in [5.41, 5.74) is 2.41. The van der Waals surface area contributed by atoms with E-state index in [2.05, 4.69) is 31.3 Å². The Balaban J connectivity index is 2.06. The molecular formula is C10H15BrN4O. The number of aromatic nitrogens is 2. The van der Waals surface area contributed by atoms with Crippen LogP contribution in [0.2, 0.25) is 0 Å². The average Bonchev–Trinajstić information content (AvgIpc) is 2.33. The molecule has 0 aromatic carbocycles. The van der Waals surface area contributed by atoms with E-state index in [0.29, 0.717) is 11.8 Å². The van der Waals surface area contributed by atoms with E-state index < -0.39 is 0 Å². The number of ether oxygens (including phenoxy) is 1. The van der Waals surface area contributed by atoms with E-state index in [1.807, 2.05) is 0 Å². The van der Waals surface area contributed by atoms with Gasteiger partial charge in [0.2, 0.25) is 11.8 Å². The Morgan fingerprint density at radius 1 is 1.38 bits per heavy atom. The van der Waals surface area contributed by atoms with Crippen molar-refractivity contribution in [2.24, 2.45) is 5.84 Å². The van der Waals surface area contributed by atoms with E-state index in [-0.39, 0.29) is 6.10 Å². The maximum atomic E-state index is 5.84. The van der Waals surface area contributed by atoms with Crippen LogP contribution in [0, 0.1) is 0 Å². The molecule has 0 spiro atoms. The van der Waals surface area contributed by atoms with Crippen molar-refractivity contribution in [1.82, 2.24) is 9.97 Å². The second-order valence-electron chi connectivity index (χ2n) is 3.87. The molecule has 1 heterocycles. The molecule has 1 aliphatic carbocycles. The Kier molecular flexibility index (Phi) is 3.95. The normalized spacial score (nSPS) is 17.1.